The van der Waals surface area contributed by atoms with Crippen LogP contribution in [0.5, 0.6) is 11.5 Å². The van der Waals surface area contributed by atoms with Crippen LogP contribution in [0.15, 0.2) is 27.4 Å². The van der Waals surface area contributed by atoms with Crippen molar-refractivity contribution in [1.29, 1.82) is 0 Å². The molecule has 0 spiro atoms. The lowest BCUT2D eigenvalue weighted by Crippen LogP contribution is -2.26. The molecule has 6 nitrogen and oxygen atoms in total. The molecule has 0 bridgehead atoms. The lowest BCUT2D eigenvalue weighted by atomic mass is 9.97. The highest BCUT2D eigenvalue weighted by Crippen LogP contribution is 2.34. The second-order valence-electron chi connectivity index (χ2n) is 8.92. The zero-order valence-corrected chi connectivity index (χ0v) is 17.6. The molecule has 0 aliphatic rings. The molecule has 1 aromatic carbocycles. The van der Waals surface area contributed by atoms with Crippen molar-refractivity contribution in [3.63, 3.8) is 0 Å². The van der Waals surface area contributed by atoms with E-state index in [1.54, 1.807) is 47.6 Å². The van der Waals surface area contributed by atoms with E-state index < -0.39 is 28.4 Å². The highest BCUT2D eigenvalue weighted by Gasteiger charge is 2.27. The number of fused-ring (bicyclic) bond motifs is 1. The summed E-state index contributed by atoms with van der Waals surface area (Å²) in [6.07, 6.45) is 1.32. The molecule has 2 aromatic rings. The van der Waals surface area contributed by atoms with E-state index in [1.807, 2.05) is 6.92 Å². The summed E-state index contributed by atoms with van der Waals surface area (Å²) in [4.78, 5) is 36.9. The Labute approximate surface area is 164 Å². The summed E-state index contributed by atoms with van der Waals surface area (Å²) in [6, 6.07) is 4.61. The number of hydrogen-bond acceptors (Lipinski definition) is 6. The smallest absolute Gasteiger partial charge is 0.339 e. The number of ether oxygens (including phenoxy) is 2. The van der Waals surface area contributed by atoms with Crippen molar-refractivity contribution in [2.75, 3.05) is 0 Å². The SMILES string of the molecule is CCCc1cc2c(OC(=O)C(C)(C)C)cc(OC(=O)C(C)(C)C)cc2oc1=O. The third kappa shape index (κ3) is 5.00. The number of hydrogen-bond donors (Lipinski definition) is 0. The topological polar surface area (TPSA) is 82.8 Å². The van der Waals surface area contributed by atoms with E-state index in [2.05, 4.69) is 0 Å². The maximum atomic E-state index is 12.4. The van der Waals surface area contributed by atoms with Crippen molar-refractivity contribution in [2.45, 2.75) is 61.3 Å². The van der Waals surface area contributed by atoms with E-state index in [9.17, 15) is 14.4 Å². The van der Waals surface area contributed by atoms with Crippen molar-refractivity contribution < 1.29 is 23.5 Å². The molecule has 0 radical (unpaired) electrons. The summed E-state index contributed by atoms with van der Waals surface area (Å²) in [6.45, 7) is 12.4. The summed E-state index contributed by atoms with van der Waals surface area (Å²) in [7, 11) is 0. The second-order valence-corrected chi connectivity index (χ2v) is 8.92. The lowest BCUT2D eigenvalue weighted by Gasteiger charge is -2.19. The van der Waals surface area contributed by atoms with Gasteiger partial charge in [0.1, 0.15) is 17.1 Å². The van der Waals surface area contributed by atoms with Crippen LogP contribution in [0.2, 0.25) is 0 Å². The first kappa shape index (κ1) is 21.7. The van der Waals surface area contributed by atoms with Crippen LogP contribution in [0.1, 0.15) is 60.5 Å². The third-order valence-electron chi connectivity index (χ3n) is 4.02. The maximum Gasteiger partial charge on any atom is 0.339 e. The first-order valence-corrected chi connectivity index (χ1v) is 9.38. The van der Waals surface area contributed by atoms with Gasteiger partial charge in [-0.05, 0) is 54.0 Å². The van der Waals surface area contributed by atoms with Crippen molar-refractivity contribution in [1.82, 2.24) is 0 Å². The average molecular weight is 388 g/mol. The van der Waals surface area contributed by atoms with Crippen LogP contribution < -0.4 is 15.1 Å². The van der Waals surface area contributed by atoms with Crippen molar-refractivity contribution in [2.24, 2.45) is 10.8 Å². The molecule has 0 saturated heterocycles. The van der Waals surface area contributed by atoms with Gasteiger partial charge >= 0.3 is 17.6 Å². The Morgan fingerprint density at radius 2 is 1.50 bits per heavy atom. The number of aryl methyl sites for hydroxylation is 1. The minimum absolute atomic E-state index is 0.149. The van der Waals surface area contributed by atoms with E-state index in [0.29, 0.717) is 17.4 Å². The van der Waals surface area contributed by atoms with Crippen LogP contribution in [-0.2, 0) is 16.0 Å². The van der Waals surface area contributed by atoms with Gasteiger partial charge in [-0.2, -0.15) is 0 Å². The van der Waals surface area contributed by atoms with Crippen molar-refractivity contribution in [3.05, 3.63) is 34.2 Å². The average Bonchev–Trinajstić information content (AvgIpc) is 2.54. The first-order valence-electron chi connectivity index (χ1n) is 9.38. The highest BCUT2D eigenvalue weighted by atomic mass is 16.5. The van der Waals surface area contributed by atoms with Crippen LogP contribution in [0.3, 0.4) is 0 Å². The van der Waals surface area contributed by atoms with Gasteiger partial charge in [-0.1, -0.05) is 13.3 Å². The number of rotatable bonds is 4. The summed E-state index contributed by atoms with van der Waals surface area (Å²) in [5, 5.41) is 0.483. The van der Waals surface area contributed by atoms with Gasteiger partial charge in [0.25, 0.3) is 0 Å². The van der Waals surface area contributed by atoms with Crippen LogP contribution in [0.4, 0.5) is 0 Å². The van der Waals surface area contributed by atoms with Crippen LogP contribution >= 0.6 is 0 Å². The molecular weight excluding hydrogens is 360 g/mol. The van der Waals surface area contributed by atoms with Gasteiger partial charge in [0, 0.05) is 17.7 Å². The Bertz CT molecular complexity index is 954. The molecule has 0 saturated carbocycles. The Morgan fingerprint density at radius 1 is 0.929 bits per heavy atom. The van der Waals surface area contributed by atoms with Crippen LogP contribution in [-0.4, -0.2) is 11.9 Å². The molecule has 152 valence electrons. The van der Waals surface area contributed by atoms with Gasteiger partial charge in [0.2, 0.25) is 0 Å². The summed E-state index contributed by atoms with van der Waals surface area (Å²) >= 11 is 0. The fourth-order valence-electron chi connectivity index (χ4n) is 2.30. The Balaban J connectivity index is 2.62. The van der Waals surface area contributed by atoms with E-state index in [1.165, 1.54) is 12.1 Å². The van der Waals surface area contributed by atoms with Crippen LogP contribution in [0, 0.1) is 10.8 Å². The van der Waals surface area contributed by atoms with Crippen LogP contribution in [0.25, 0.3) is 11.0 Å². The van der Waals surface area contributed by atoms with E-state index >= 15 is 0 Å². The van der Waals surface area contributed by atoms with E-state index in [-0.39, 0.29) is 17.1 Å². The predicted molar refractivity (Wildman–Crippen MR) is 107 cm³/mol. The molecule has 1 heterocycles. The zero-order chi connectivity index (χ0) is 21.3. The number of benzene rings is 1. The maximum absolute atomic E-state index is 12.4. The van der Waals surface area contributed by atoms with E-state index in [4.69, 9.17) is 13.9 Å². The molecule has 2 rings (SSSR count). The predicted octanol–water partition coefficient (Wildman–Crippen LogP) is 4.65. The molecule has 0 fully saturated rings. The van der Waals surface area contributed by atoms with Gasteiger partial charge in [-0.25, -0.2) is 4.79 Å². The fourth-order valence-corrected chi connectivity index (χ4v) is 2.30. The zero-order valence-electron chi connectivity index (χ0n) is 17.6. The normalized spacial score (nSPS) is 12.1. The van der Waals surface area contributed by atoms with E-state index in [0.717, 1.165) is 6.42 Å². The Hall–Kier alpha value is -2.63. The summed E-state index contributed by atoms with van der Waals surface area (Å²) in [5.41, 5.74) is -1.21. The standard InChI is InChI=1S/C22H28O6/c1-8-9-13-10-15-16(27-18(13)23)11-14(26-19(24)21(2,3)4)12-17(15)28-20(25)22(5,6)7/h10-12H,8-9H2,1-7H3. The highest BCUT2D eigenvalue weighted by molar-refractivity contribution is 5.90. The van der Waals surface area contributed by atoms with Gasteiger partial charge in [-0.15, -0.1) is 0 Å². The molecule has 1 aromatic heterocycles. The van der Waals surface area contributed by atoms with Gasteiger partial charge < -0.3 is 13.9 Å². The summed E-state index contributed by atoms with van der Waals surface area (Å²) < 4.78 is 16.4. The molecule has 0 N–H and O–H groups in total. The van der Waals surface area contributed by atoms with Gasteiger partial charge in [0.05, 0.1) is 16.2 Å². The monoisotopic (exact) mass is 388 g/mol. The molecule has 28 heavy (non-hydrogen) atoms. The third-order valence-corrected chi connectivity index (χ3v) is 4.02. The van der Waals surface area contributed by atoms with Crippen molar-refractivity contribution in [3.8, 4) is 11.5 Å². The van der Waals surface area contributed by atoms with Crippen molar-refractivity contribution >= 4 is 22.9 Å². The Morgan fingerprint density at radius 3 is 2.04 bits per heavy atom. The quantitative estimate of drug-likeness (QED) is 0.431. The molecular formula is C22H28O6. The van der Waals surface area contributed by atoms with Gasteiger partial charge in [-0.3, -0.25) is 9.59 Å². The molecule has 6 heteroatoms. The molecule has 0 atom stereocenters. The largest absolute Gasteiger partial charge is 0.426 e. The van der Waals surface area contributed by atoms with Gasteiger partial charge in [0.15, 0.2) is 0 Å². The molecule has 0 amide bonds. The molecule has 0 unspecified atom stereocenters. The number of carbonyl (C=O) groups is 2. The molecule has 0 aliphatic heterocycles. The fraction of sp³-hybridized carbons (Fsp3) is 0.500. The summed E-state index contributed by atoms with van der Waals surface area (Å²) in [5.74, 6) is -0.563. The lowest BCUT2D eigenvalue weighted by molar-refractivity contribution is -0.143. The number of esters is 2. The minimum Gasteiger partial charge on any atom is -0.426 e. The second kappa shape index (κ2) is 7.78. The minimum atomic E-state index is -0.730. The molecule has 0 aliphatic carbocycles. The first-order chi connectivity index (χ1) is 12.8. The number of carbonyl (C=O) groups excluding carboxylic acids is 2. The Kier molecular flexibility index (Phi) is 6.02.